The van der Waals surface area contributed by atoms with Gasteiger partial charge in [-0.25, -0.2) is 0 Å². The first-order valence-electron chi connectivity index (χ1n) is 4.42. The molecule has 1 saturated heterocycles. The first-order valence-corrected chi connectivity index (χ1v) is 4.42. The van der Waals surface area contributed by atoms with Gasteiger partial charge in [0.2, 0.25) is 11.9 Å². The Hall–Kier alpha value is -1.13. The zero-order valence-electron chi connectivity index (χ0n) is 7.82. The lowest BCUT2D eigenvalue weighted by Crippen LogP contribution is -2.49. The van der Waals surface area contributed by atoms with Gasteiger partial charge in [-0.3, -0.25) is 14.9 Å². The number of piperidine rings is 1. The van der Waals surface area contributed by atoms with Gasteiger partial charge in [-0.2, -0.15) is 0 Å². The van der Waals surface area contributed by atoms with Crippen LogP contribution in [-0.2, 0) is 4.79 Å². The molecule has 0 saturated carbocycles. The maximum absolute atomic E-state index is 11.0. The van der Waals surface area contributed by atoms with E-state index in [1.165, 1.54) is 0 Å². The van der Waals surface area contributed by atoms with E-state index in [-0.39, 0.29) is 35.6 Å². The summed E-state index contributed by atoms with van der Waals surface area (Å²) in [4.78, 5) is 21.4. The van der Waals surface area contributed by atoms with Crippen LogP contribution in [0.15, 0.2) is 0 Å². The summed E-state index contributed by atoms with van der Waals surface area (Å²) in [5.74, 6) is -0.0120. The third kappa shape index (κ3) is 2.17. The van der Waals surface area contributed by atoms with E-state index in [0.717, 1.165) is 0 Å². The van der Waals surface area contributed by atoms with Crippen LogP contribution < -0.4 is 5.32 Å². The van der Waals surface area contributed by atoms with Crippen LogP contribution in [0.4, 0.5) is 0 Å². The minimum atomic E-state index is -0.613. The van der Waals surface area contributed by atoms with Gasteiger partial charge in [-0.1, -0.05) is 13.8 Å². The fourth-order valence-electron chi connectivity index (χ4n) is 1.70. The molecular formula is C8H14N2O3. The molecule has 0 bridgehead atoms. The average molecular weight is 186 g/mol. The van der Waals surface area contributed by atoms with Crippen LogP contribution in [0.5, 0.6) is 0 Å². The number of carbonyl (C=O) groups excluding carboxylic acids is 1. The smallest absolute Gasteiger partial charge is 0.233 e. The molecule has 0 aliphatic carbocycles. The molecule has 0 aromatic carbocycles. The Morgan fingerprint density at radius 2 is 2.23 bits per heavy atom. The Labute approximate surface area is 76.7 Å². The Bertz CT molecular complexity index is 227. The summed E-state index contributed by atoms with van der Waals surface area (Å²) in [5.41, 5.74) is 0. The lowest BCUT2D eigenvalue weighted by Gasteiger charge is -2.28. The molecule has 0 aromatic rings. The highest BCUT2D eigenvalue weighted by molar-refractivity contribution is 5.77. The number of hydrogen-bond donors (Lipinski definition) is 1. The maximum Gasteiger partial charge on any atom is 0.233 e. The van der Waals surface area contributed by atoms with E-state index in [9.17, 15) is 14.9 Å². The molecule has 0 unspecified atom stereocenters. The van der Waals surface area contributed by atoms with Crippen molar-refractivity contribution >= 4 is 5.91 Å². The zero-order chi connectivity index (χ0) is 10.0. The van der Waals surface area contributed by atoms with Crippen LogP contribution in [0.3, 0.4) is 0 Å². The van der Waals surface area contributed by atoms with Crippen LogP contribution >= 0.6 is 0 Å². The van der Waals surface area contributed by atoms with Crippen LogP contribution in [0.25, 0.3) is 0 Å². The van der Waals surface area contributed by atoms with Gasteiger partial charge in [-0.15, -0.1) is 0 Å². The predicted octanol–water partition coefficient (Wildman–Crippen LogP) is 0.424. The minimum Gasteiger partial charge on any atom is -0.349 e. The van der Waals surface area contributed by atoms with E-state index in [4.69, 9.17) is 0 Å². The normalized spacial score (nSPS) is 28.7. The molecule has 74 valence electrons. The van der Waals surface area contributed by atoms with Crippen molar-refractivity contribution in [2.24, 2.45) is 11.8 Å². The molecule has 1 aliphatic heterocycles. The fourth-order valence-corrected chi connectivity index (χ4v) is 1.70. The standard InChI is InChI=1S/C8H14N2O3/c1-5(2)6-3-8(11)9-4-7(6)10(12)13/h5-7H,3-4H2,1-2H3,(H,9,11)/t6-,7-/m1/s1. The monoisotopic (exact) mass is 186 g/mol. The van der Waals surface area contributed by atoms with Crippen molar-refractivity contribution < 1.29 is 9.72 Å². The lowest BCUT2D eigenvalue weighted by molar-refractivity contribution is -0.532. The summed E-state index contributed by atoms with van der Waals surface area (Å²) >= 11 is 0. The van der Waals surface area contributed by atoms with E-state index in [1.54, 1.807) is 0 Å². The van der Waals surface area contributed by atoms with Crippen molar-refractivity contribution in [1.29, 1.82) is 0 Å². The van der Waals surface area contributed by atoms with Gasteiger partial charge in [0.1, 0.15) is 0 Å². The summed E-state index contributed by atoms with van der Waals surface area (Å²) in [6, 6.07) is -0.613. The van der Waals surface area contributed by atoms with E-state index in [0.29, 0.717) is 0 Å². The molecule has 1 amide bonds. The molecule has 0 radical (unpaired) electrons. The molecule has 1 heterocycles. The van der Waals surface area contributed by atoms with Crippen molar-refractivity contribution in [3.63, 3.8) is 0 Å². The Morgan fingerprint density at radius 1 is 1.62 bits per heavy atom. The summed E-state index contributed by atoms with van der Waals surface area (Å²) in [6.45, 7) is 4.01. The molecule has 1 aliphatic rings. The minimum absolute atomic E-state index is 0.0724. The molecule has 13 heavy (non-hydrogen) atoms. The van der Waals surface area contributed by atoms with Crippen LogP contribution in [0.2, 0.25) is 0 Å². The maximum atomic E-state index is 11.0. The van der Waals surface area contributed by atoms with Gasteiger partial charge >= 0.3 is 0 Å². The van der Waals surface area contributed by atoms with Crippen molar-refractivity contribution in [2.75, 3.05) is 6.54 Å². The topological polar surface area (TPSA) is 72.2 Å². The molecule has 2 atom stereocenters. The second kappa shape index (κ2) is 3.72. The molecule has 1 rings (SSSR count). The Balaban J connectivity index is 2.71. The summed E-state index contributed by atoms with van der Waals surface area (Å²) in [5, 5.41) is 13.1. The Kier molecular flexibility index (Phi) is 2.85. The first-order chi connectivity index (χ1) is 6.02. The zero-order valence-corrected chi connectivity index (χ0v) is 7.82. The van der Waals surface area contributed by atoms with Gasteiger partial charge in [0.05, 0.1) is 6.54 Å². The molecule has 1 fully saturated rings. The van der Waals surface area contributed by atoms with Crippen LogP contribution in [-0.4, -0.2) is 23.4 Å². The highest BCUT2D eigenvalue weighted by Crippen LogP contribution is 2.23. The lowest BCUT2D eigenvalue weighted by atomic mass is 9.83. The summed E-state index contributed by atoms with van der Waals surface area (Å²) in [7, 11) is 0. The van der Waals surface area contributed by atoms with E-state index < -0.39 is 6.04 Å². The predicted molar refractivity (Wildman–Crippen MR) is 46.7 cm³/mol. The van der Waals surface area contributed by atoms with Gasteiger partial charge in [0.25, 0.3) is 0 Å². The number of nitrogens with one attached hydrogen (secondary N) is 1. The van der Waals surface area contributed by atoms with E-state index in [1.807, 2.05) is 13.8 Å². The van der Waals surface area contributed by atoms with E-state index in [2.05, 4.69) is 5.32 Å². The number of hydrogen-bond acceptors (Lipinski definition) is 3. The highest BCUT2D eigenvalue weighted by Gasteiger charge is 2.38. The van der Waals surface area contributed by atoms with Crippen molar-refractivity contribution in [2.45, 2.75) is 26.3 Å². The molecular weight excluding hydrogens is 172 g/mol. The molecule has 1 N–H and O–H groups in total. The van der Waals surface area contributed by atoms with Crippen LogP contribution in [0.1, 0.15) is 20.3 Å². The number of carbonyl (C=O) groups is 1. The summed E-state index contributed by atoms with van der Waals surface area (Å²) in [6.07, 6.45) is 0.281. The molecule has 0 spiro atoms. The van der Waals surface area contributed by atoms with Gasteiger partial charge in [-0.05, 0) is 5.92 Å². The number of amides is 1. The molecule has 5 heteroatoms. The second-order valence-electron chi connectivity index (χ2n) is 3.77. The van der Waals surface area contributed by atoms with Gasteiger partial charge in [0.15, 0.2) is 0 Å². The highest BCUT2D eigenvalue weighted by atomic mass is 16.6. The first kappa shape index (κ1) is 9.95. The van der Waals surface area contributed by atoms with Crippen molar-refractivity contribution in [1.82, 2.24) is 5.32 Å². The SMILES string of the molecule is CC(C)[C@H]1CC(=O)NC[C@H]1[N+](=O)[O-]. The number of rotatable bonds is 2. The molecule has 0 aromatic heterocycles. The fraction of sp³-hybridized carbons (Fsp3) is 0.875. The Morgan fingerprint density at radius 3 is 2.69 bits per heavy atom. The number of nitrogens with zero attached hydrogens (tertiary/aromatic N) is 1. The third-order valence-electron chi connectivity index (χ3n) is 2.55. The van der Waals surface area contributed by atoms with Crippen molar-refractivity contribution in [3.05, 3.63) is 10.1 Å². The van der Waals surface area contributed by atoms with Crippen molar-refractivity contribution in [3.8, 4) is 0 Å². The van der Waals surface area contributed by atoms with E-state index >= 15 is 0 Å². The quantitative estimate of drug-likeness (QED) is 0.502. The van der Waals surface area contributed by atoms with Gasteiger partial charge < -0.3 is 5.32 Å². The third-order valence-corrected chi connectivity index (χ3v) is 2.55. The van der Waals surface area contributed by atoms with Crippen LogP contribution in [0, 0.1) is 22.0 Å². The number of nitro groups is 1. The summed E-state index contributed by atoms with van der Waals surface area (Å²) < 4.78 is 0. The largest absolute Gasteiger partial charge is 0.349 e. The average Bonchev–Trinajstić information content (AvgIpc) is 2.03. The molecule has 5 nitrogen and oxygen atoms in total. The second-order valence-corrected chi connectivity index (χ2v) is 3.77. The van der Waals surface area contributed by atoms with Gasteiger partial charge in [0, 0.05) is 17.3 Å².